The predicted octanol–water partition coefficient (Wildman–Crippen LogP) is 2.01. The van der Waals surface area contributed by atoms with Crippen LogP contribution in [0, 0.1) is 5.92 Å². The van der Waals surface area contributed by atoms with Crippen LogP contribution in [0.5, 0.6) is 0 Å². The Kier molecular flexibility index (Phi) is 2.13. The van der Waals surface area contributed by atoms with E-state index >= 15 is 0 Å². The van der Waals surface area contributed by atoms with Gasteiger partial charge >= 0.3 is 5.97 Å². The minimum Gasteiger partial charge on any atom is -0.493 e. The van der Waals surface area contributed by atoms with Crippen LogP contribution in [0.4, 0.5) is 0 Å². The summed E-state index contributed by atoms with van der Waals surface area (Å²) in [7, 11) is 0. The summed E-state index contributed by atoms with van der Waals surface area (Å²) < 4.78 is 11.1. The van der Waals surface area contributed by atoms with Gasteiger partial charge in [-0.1, -0.05) is 11.6 Å². The molecule has 4 nitrogen and oxygen atoms in total. The molecule has 0 amide bonds. The van der Waals surface area contributed by atoms with Crippen LogP contribution in [0.3, 0.4) is 0 Å². The lowest BCUT2D eigenvalue weighted by atomic mass is 9.76. The number of rotatable bonds is 3. The first kappa shape index (κ1) is 10.6. The van der Waals surface area contributed by atoms with Crippen molar-refractivity contribution >= 4 is 5.97 Å². The van der Waals surface area contributed by atoms with Crippen molar-refractivity contribution in [3.8, 4) is 0 Å². The molecule has 2 bridgehead atoms. The van der Waals surface area contributed by atoms with E-state index in [2.05, 4.69) is 6.08 Å². The summed E-state index contributed by atoms with van der Waals surface area (Å²) >= 11 is 0. The average Bonchev–Trinajstić information content (AvgIpc) is 3.14. The lowest BCUT2D eigenvalue weighted by Gasteiger charge is -2.45. The highest BCUT2D eigenvalue weighted by Crippen LogP contribution is 2.48. The summed E-state index contributed by atoms with van der Waals surface area (Å²) in [6.07, 6.45) is 8.01. The molecule has 1 N–H and O–H groups in total. The van der Waals surface area contributed by atoms with E-state index in [1.807, 2.05) is 0 Å². The first-order chi connectivity index (χ1) is 8.72. The first-order valence-electron chi connectivity index (χ1n) is 6.70. The number of hydrogen-bond donors (Lipinski definition) is 1. The van der Waals surface area contributed by atoms with Gasteiger partial charge in [0.1, 0.15) is 18.0 Å². The number of carbonyl (C=O) groups is 1. The molecule has 0 spiro atoms. The number of allylic oxidation sites excluding steroid dienone is 1. The van der Waals surface area contributed by atoms with E-state index in [9.17, 15) is 4.79 Å². The Morgan fingerprint density at radius 2 is 2.17 bits per heavy atom. The Labute approximate surface area is 105 Å². The molecule has 2 saturated heterocycles. The summed E-state index contributed by atoms with van der Waals surface area (Å²) in [5.41, 5.74) is 1.93. The molecule has 2 fully saturated rings. The van der Waals surface area contributed by atoms with Crippen LogP contribution >= 0.6 is 0 Å². The molecule has 0 aromatic heterocycles. The Bertz CT molecular complexity index is 476. The minimum atomic E-state index is -0.809. The quantitative estimate of drug-likeness (QED) is 0.613. The standard InChI is InChI=1S/C14H16O4/c15-14(16)8-2-4-10-9(13(8)18-10)5-7-1-3-11-12(6-7)17-11/h6,9-12H,1-5H2,(H,15,16). The maximum absolute atomic E-state index is 11.1. The molecule has 96 valence electrons. The molecule has 4 heteroatoms. The number of fused-ring (bicyclic) bond motifs is 3. The van der Waals surface area contributed by atoms with E-state index in [4.69, 9.17) is 14.6 Å². The third-order valence-electron chi connectivity index (χ3n) is 4.55. The van der Waals surface area contributed by atoms with Crippen LogP contribution in [0.2, 0.25) is 0 Å². The Hall–Kier alpha value is -1.29. The Morgan fingerprint density at radius 1 is 1.33 bits per heavy atom. The maximum atomic E-state index is 11.1. The van der Waals surface area contributed by atoms with Gasteiger partial charge in [-0.2, -0.15) is 0 Å². The van der Waals surface area contributed by atoms with Crippen molar-refractivity contribution in [2.75, 3.05) is 0 Å². The summed E-state index contributed by atoms with van der Waals surface area (Å²) in [6, 6.07) is 0. The van der Waals surface area contributed by atoms with Crippen molar-refractivity contribution < 1.29 is 19.4 Å². The average molecular weight is 248 g/mol. The second-order valence-electron chi connectivity index (χ2n) is 5.66. The monoisotopic (exact) mass is 248 g/mol. The van der Waals surface area contributed by atoms with Crippen LogP contribution in [0.15, 0.2) is 23.0 Å². The third-order valence-corrected chi connectivity index (χ3v) is 4.55. The molecule has 0 radical (unpaired) electrons. The summed E-state index contributed by atoms with van der Waals surface area (Å²) in [5.74, 6) is 0.251. The normalized spacial score (nSPS) is 40.3. The maximum Gasteiger partial charge on any atom is 0.334 e. The highest BCUT2D eigenvalue weighted by molar-refractivity contribution is 5.88. The summed E-state index contributed by atoms with van der Waals surface area (Å²) in [4.78, 5) is 11.1. The number of epoxide rings is 1. The van der Waals surface area contributed by atoms with E-state index in [1.165, 1.54) is 5.57 Å². The van der Waals surface area contributed by atoms with E-state index in [0.717, 1.165) is 31.4 Å². The van der Waals surface area contributed by atoms with Crippen LogP contribution in [0.1, 0.15) is 32.1 Å². The smallest absolute Gasteiger partial charge is 0.334 e. The number of ether oxygens (including phenoxy) is 2. The molecular weight excluding hydrogens is 232 g/mol. The highest BCUT2D eigenvalue weighted by Gasteiger charge is 2.47. The summed E-state index contributed by atoms with van der Waals surface area (Å²) in [5, 5.41) is 9.13. The molecular formula is C14H16O4. The van der Waals surface area contributed by atoms with Crippen LogP contribution in [0.25, 0.3) is 0 Å². The summed E-state index contributed by atoms with van der Waals surface area (Å²) in [6.45, 7) is 0. The lowest BCUT2D eigenvalue weighted by Crippen LogP contribution is -2.43. The zero-order chi connectivity index (χ0) is 12.3. The SMILES string of the molecule is O=C(O)C1=C2OC(CC1)C2CC1=CC2OC2CC1. The zero-order valence-electron chi connectivity index (χ0n) is 10.1. The van der Waals surface area contributed by atoms with Gasteiger partial charge in [-0.15, -0.1) is 0 Å². The van der Waals surface area contributed by atoms with Gasteiger partial charge in [-0.25, -0.2) is 4.79 Å². The second kappa shape index (κ2) is 3.60. The van der Waals surface area contributed by atoms with Gasteiger partial charge in [-0.3, -0.25) is 0 Å². The van der Waals surface area contributed by atoms with Crippen LogP contribution in [-0.2, 0) is 14.3 Å². The third kappa shape index (κ3) is 1.52. The van der Waals surface area contributed by atoms with Gasteiger partial charge in [0.25, 0.3) is 0 Å². The fourth-order valence-electron chi connectivity index (χ4n) is 3.46. The largest absolute Gasteiger partial charge is 0.493 e. The lowest BCUT2D eigenvalue weighted by molar-refractivity contribution is -0.136. The van der Waals surface area contributed by atoms with Gasteiger partial charge in [0, 0.05) is 0 Å². The predicted molar refractivity (Wildman–Crippen MR) is 62.9 cm³/mol. The van der Waals surface area contributed by atoms with E-state index in [-0.39, 0.29) is 6.10 Å². The highest BCUT2D eigenvalue weighted by atomic mass is 16.6. The van der Waals surface area contributed by atoms with Crippen molar-refractivity contribution in [1.29, 1.82) is 0 Å². The van der Waals surface area contributed by atoms with E-state index in [0.29, 0.717) is 30.1 Å². The Morgan fingerprint density at radius 3 is 2.89 bits per heavy atom. The number of hydrogen-bond acceptors (Lipinski definition) is 3. The number of carboxylic acids is 1. The molecule has 0 aromatic rings. The van der Waals surface area contributed by atoms with Crippen molar-refractivity contribution in [3.05, 3.63) is 23.0 Å². The van der Waals surface area contributed by atoms with Gasteiger partial charge < -0.3 is 14.6 Å². The number of carboxylic acid groups (broad SMARTS) is 1. The second-order valence-corrected chi connectivity index (χ2v) is 5.66. The van der Waals surface area contributed by atoms with Gasteiger partial charge in [0.15, 0.2) is 0 Å². The first-order valence-corrected chi connectivity index (χ1v) is 6.70. The van der Waals surface area contributed by atoms with Gasteiger partial charge in [-0.05, 0) is 32.1 Å². The molecule has 3 aliphatic heterocycles. The van der Waals surface area contributed by atoms with Crippen molar-refractivity contribution in [2.45, 2.75) is 50.4 Å². The van der Waals surface area contributed by atoms with Crippen molar-refractivity contribution in [1.82, 2.24) is 0 Å². The topological polar surface area (TPSA) is 59.1 Å². The van der Waals surface area contributed by atoms with Crippen molar-refractivity contribution in [3.63, 3.8) is 0 Å². The molecule has 4 atom stereocenters. The molecule has 18 heavy (non-hydrogen) atoms. The molecule has 4 rings (SSSR count). The number of aliphatic carboxylic acids is 1. The molecule has 3 heterocycles. The molecule has 0 aromatic carbocycles. The molecule has 4 unspecified atom stereocenters. The fourth-order valence-corrected chi connectivity index (χ4v) is 3.46. The molecule has 1 aliphatic carbocycles. The van der Waals surface area contributed by atoms with E-state index in [1.54, 1.807) is 0 Å². The fraction of sp³-hybridized carbons (Fsp3) is 0.643. The molecule has 4 aliphatic rings. The zero-order valence-corrected chi connectivity index (χ0v) is 10.1. The van der Waals surface area contributed by atoms with Crippen LogP contribution in [-0.4, -0.2) is 29.4 Å². The van der Waals surface area contributed by atoms with Gasteiger partial charge in [0.05, 0.1) is 17.6 Å². The molecule has 0 saturated carbocycles. The Balaban J connectivity index is 1.52. The minimum absolute atomic E-state index is 0.252. The van der Waals surface area contributed by atoms with Gasteiger partial charge in [0.2, 0.25) is 0 Å². The van der Waals surface area contributed by atoms with Crippen LogP contribution < -0.4 is 0 Å². The van der Waals surface area contributed by atoms with E-state index < -0.39 is 5.97 Å². The van der Waals surface area contributed by atoms with Crippen molar-refractivity contribution in [2.24, 2.45) is 5.92 Å².